The van der Waals surface area contributed by atoms with Crippen LogP contribution in [0.2, 0.25) is 0 Å². The fourth-order valence-corrected chi connectivity index (χ4v) is 2.98. The number of piperidine rings is 1. The predicted octanol–water partition coefficient (Wildman–Crippen LogP) is 3.14. The van der Waals surface area contributed by atoms with Crippen LogP contribution >= 0.6 is 0 Å². The maximum absolute atomic E-state index is 6.38. The molecule has 2 atom stereocenters. The highest BCUT2D eigenvalue weighted by Gasteiger charge is 2.22. The molecule has 0 spiro atoms. The van der Waals surface area contributed by atoms with Gasteiger partial charge in [-0.2, -0.15) is 0 Å². The summed E-state index contributed by atoms with van der Waals surface area (Å²) in [5.74, 6) is 0. The smallest absolute Gasteiger partial charge is 0.0702 e. The number of hydrogen-bond acceptors (Lipinski definition) is 3. The molecule has 1 saturated heterocycles. The monoisotopic (exact) mass is 290 g/mol. The first-order valence-electron chi connectivity index (χ1n) is 8.41. The summed E-state index contributed by atoms with van der Waals surface area (Å²) in [5.41, 5.74) is 8.99. The fourth-order valence-electron chi connectivity index (χ4n) is 2.98. The Kier molecular flexibility index (Phi) is 6.68. The van der Waals surface area contributed by atoms with E-state index >= 15 is 0 Å². The van der Waals surface area contributed by atoms with Crippen molar-refractivity contribution in [1.82, 2.24) is 4.90 Å². The Hall–Kier alpha value is -0.900. The summed E-state index contributed by atoms with van der Waals surface area (Å²) in [6.45, 7) is 8.32. The molecule has 21 heavy (non-hydrogen) atoms. The molecule has 0 aliphatic carbocycles. The molecule has 1 aliphatic heterocycles. The van der Waals surface area contributed by atoms with Crippen LogP contribution in [0.3, 0.4) is 0 Å². The van der Waals surface area contributed by atoms with Gasteiger partial charge in [0.2, 0.25) is 0 Å². The Balaban J connectivity index is 1.84. The molecule has 1 aromatic rings. The van der Waals surface area contributed by atoms with Gasteiger partial charge in [-0.15, -0.1) is 0 Å². The molecule has 2 rings (SSSR count). The molecule has 2 N–H and O–H groups in total. The standard InChI is InChI=1S/C18H30N2O/c1-3-12-21-17-6-5-11-20(13-17)14-18(19)16-9-7-15(4-2)8-10-16/h7-10,17-18H,3-6,11-14,19H2,1-2H3. The largest absolute Gasteiger partial charge is 0.377 e. The number of aryl methyl sites for hydroxylation is 1. The van der Waals surface area contributed by atoms with Crippen LogP contribution in [0.15, 0.2) is 24.3 Å². The lowest BCUT2D eigenvalue weighted by Gasteiger charge is -2.34. The zero-order valence-corrected chi connectivity index (χ0v) is 13.6. The molecule has 3 heteroatoms. The van der Waals surface area contributed by atoms with Gasteiger partial charge in [-0.3, -0.25) is 4.90 Å². The molecule has 0 aromatic heterocycles. The van der Waals surface area contributed by atoms with Crippen molar-refractivity contribution in [2.45, 2.75) is 51.7 Å². The molecular weight excluding hydrogens is 260 g/mol. The van der Waals surface area contributed by atoms with Crippen LogP contribution in [-0.4, -0.2) is 37.2 Å². The lowest BCUT2D eigenvalue weighted by Crippen LogP contribution is -2.43. The first kappa shape index (κ1) is 16.5. The van der Waals surface area contributed by atoms with E-state index in [-0.39, 0.29) is 6.04 Å². The van der Waals surface area contributed by atoms with Crippen LogP contribution in [0.5, 0.6) is 0 Å². The van der Waals surface area contributed by atoms with Crippen LogP contribution in [-0.2, 0) is 11.2 Å². The van der Waals surface area contributed by atoms with Crippen LogP contribution in [0.4, 0.5) is 0 Å². The van der Waals surface area contributed by atoms with Crippen LogP contribution in [0.1, 0.15) is 50.3 Å². The van der Waals surface area contributed by atoms with Crippen LogP contribution < -0.4 is 5.73 Å². The van der Waals surface area contributed by atoms with Crippen molar-refractivity contribution in [3.8, 4) is 0 Å². The highest BCUT2D eigenvalue weighted by Crippen LogP contribution is 2.18. The number of nitrogens with two attached hydrogens (primary N) is 1. The topological polar surface area (TPSA) is 38.5 Å². The Labute approximate surface area is 129 Å². The lowest BCUT2D eigenvalue weighted by molar-refractivity contribution is -0.00138. The maximum atomic E-state index is 6.38. The average molecular weight is 290 g/mol. The van der Waals surface area contributed by atoms with Gasteiger partial charge in [0.1, 0.15) is 0 Å². The molecule has 0 amide bonds. The van der Waals surface area contributed by atoms with Crippen molar-refractivity contribution in [2.75, 3.05) is 26.2 Å². The summed E-state index contributed by atoms with van der Waals surface area (Å²) in [7, 11) is 0. The third-order valence-corrected chi connectivity index (χ3v) is 4.29. The summed E-state index contributed by atoms with van der Waals surface area (Å²) in [5, 5.41) is 0. The SMILES string of the molecule is CCCOC1CCCN(CC(N)c2ccc(CC)cc2)C1. The average Bonchev–Trinajstić information content (AvgIpc) is 2.53. The molecule has 1 aromatic carbocycles. The van der Waals surface area contributed by atoms with Crippen molar-refractivity contribution in [2.24, 2.45) is 5.73 Å². The van der Waals surface area contributed by atoms with Gasteiger partial charge in [-0.1, -0.05) is 38.1 Å². The molecule has 1 fully saturated rings. The van der Waals surface area contributed by atoms with E-state index < -0.39 is 0 Å². The van der Waals surface area contributed by atoms with Gasteiger partial charge in [0.25, 0.3) is 0 Å². The summed E-state index contributed by atoms with van der Waals surface area (Å²) in [4.78, 5) is 2.46. The predicted molar refractivity (Wildman–Crippen MR) is 88.5 cm³/mol. The van der Waals surface area contributed by atoms with Crippen LogP contribution in [0, 0.1) is 0 Å². The first-order chi connectivity index (χ1) is 10.2. The summed E-state index contributed by atoms with van der Waals surface area (Å²) in [6.07, 6.45) is 4.98. The Morgan fingerprint density at radius 1 is 1.29 bits per heavy atom. The van der Waals surface area contributed by atoms with Crippen LogP contribution in [0.25, 0.3) is 0 Å². The molecule has 1 heterocycles. The van der Waals surface area contributed by atoms with Crippen molar-refractivity contribution in [1.29, 1.82) is 0 Å². The van der Waals surface area contributed by atoms with Gasteiger partial charge in [0.05, 0.1) is 6.10 Å². The second-order valence-electron chi connectivity index (χ2n) is 6.10. The quantitative estimate of drug-likeness (QED) is 0.838. The van der Waals surface area contributed by atoms with Crippen molar-refractivity contribution in [3.05, 3.63) is 35.4 Å². The van der Waals surface area contributed by atoms with E-state index in [1.807, 2.05) is 0 Å². The molecule has 0 radical (unpaired) electrons. The maximum Gasteiger partial charge on any atom is 0.0702 e. The highest BCUT2D eigenvalue weighted by molar-refractivity contribution is 5.25. The van der Waals surface area contributed by atoms with E-state index in [1.165, 1.54) is 24.0 Å². The highest BCUT2D eigenvalue weighted by atomic mass is 16.5. The first-order valence-corrected chi connectivity index (χ1v) is 8.41. The number of nitrogens with zero attached hydrogens (tertiary/aromatic N) is 1. The van der Waals surface area contributed by atoms with Crippen molar-refractivity contribution in [3.63, 3.8) is 0 Å². The molecule has 0 saturated carbocycles. The van der Waals surface area contributed by atoms with Gasteiger partial charge in [-0.05, 0) is 43.4 Å². The molecule has 3 nitrogen and oxygen atoms in total. The van der Waals surface area contributed by atoms with Gasteiger partial charge in [0, 0.05) is 25.7 Å². The minimum Gasteiger partial charge on any atom is -0.377 e. The lowest BCUT2D eigenvalue weighted by atomic mass is 10.0. The van der Waals surface area contributed by atoms with Gasteiger partial charge in [-0.25, -0.2) is 0 Å². The number of rotatable bonds is 7. The number of hydrogen-bond donors (Lipinski definition) is 1. The second-order valence-corrected chi connectivity index (χ2v) is 6.10. The van der Waals surface area contributed by atoms with Gasteiger partial charge < -0.3 is 10.5 Å². The Bertz CT molecular complexity index is 404. The van der Waals surface area contributed by atoms with E-state index in [2.05, 4.69) is 43.0 Å². The number of benzene rings is 1. The third-order valence-electron chi connectivity index (χ3n) is 4.29. The molecule has 118 valence electrons. The van der Waals surface area contributed by atoms with E-state index in [4.69, 9.17) is 10.5 Å². The minimum absolute atomic E-state index is 0.0980. The van der Waals surface area contributed by atoms with Gasteiger partial charge in [0.15, 0.2) is 0 Å². The summed E-state index contributed by atoms with van der Waals surface area (Å²) >= 11 is 0. The van der Waals surface area contributed by atoms with E-state index in [9.17, 15) is 0 Å². The Morgan fingerprint density at radius 3 is 2.71 bits per heavy atom. The third kappa shape index (κ3) is 5.10. The zero-order chi connectivity index (χ0) is 15.1. The number of ether oxygens (including phenoxy) is 1. The summed E-state index contributed by atoms with van der Waals surface area (Å²) in [6, 6.07) is 8.84. The van der Waals surface area contributed by atoms with Crippen molar-refractivity contribution < 1.29 is 4.74 Å². The molecular formula is C18H30N2O. The number of likely N-dealkylation sites (tertiary alicyclic amines) is 1. The second kappa shape index (κ2) is 8.52. The van der Waals surface area contributed by atoms with Gasteiger partial charge >= 0.3 is 0 Å². The summed E-state index contributed by atoms with van der Waals surface area (Å²) < 4.78 is 5.90. The molecule has 0 bridgehead atoms. The molecule has 2 unspecified atom stereocenters. The molecule has 1 aliphatic rings. The zero-order valence-electron chi connectivity index (χ0n) is 13.6. The minimum atomic E-state index is 0.0980. The van der Waals surface area contributed by atoms with Crippen molar-refractivity contribution >= 4 is 0 Å². The van der Waals surface area contributed by atoms with E-state index in [0.29, 0.717) is 6.10 Å². The van der Waals surface area contributed by atoms with E-state index in [0.717, 1.165) is 39.1 Å². The van der Waals surface area contributed by atoms with E-state index in [1.54, 1.807) is 0 Å². The normalized spacial score (nSPS) is 21.4. The fraction of sp³-hybridized carbons (Fsp3) is 0.667. The Morgan fingerprint density at radius 2 is 2.05 bits per heavy atom.